The lowest BCUT2D eigenvalue weighted by molar-refractivity contribution is -0.139. The van der Waals surface area contributed by atoms with Crippen LogP contribution in [0.25, 0.3) is 0 Å². The second-order valence-corrected chi connectivity index (χ2v) is 4.84. The van der Waals surface area contributed by atoms with Crippen molar-refractivity contribution in [1.82, 2.24) is 10.2 Å². The molecule has 7 heteroatoms. The van der Waals surface area contributed by atoms with Crippen LogP contribution in [0.15, 0.2) is 9.64 Å². The first-order valence-corrected chi connectivity index (χ1v) is 6.50. The van der Waals surface area contributed by atoms with Gasteiger partial charge in [0, 0.05) is 0 Å². The predicted octanol–water partition coefficient (Wildman–Crippen LogP) is 1.59. The van der Waals surface area contributed by atoms with Gasteiger partial charge < -0.3 is 9.15 Å². The number of carbonyl (C=O) groups excluding carboxylic acids is 1. The van der Waals surface area contributed by atoms with Crippen molar-refractivity contribution >= 4 is 29.5 Å². The Morgan fingerprint density at radius 3 is 2.93 bits per heavy atom. The fraction of sp³-hybridized carbons (Fsp3) is 0.625. The molecule has 1 heterocycles. The van der Waals surface area contributed by atoms with Gasteiger partial charge in [0.15, 0.2) is 0 Å². The molecule has 0 fully saturated rings. The first-order valence-electron chi connectivity index (χ1n) is 4.23. The van der Waals surface area contributed by atoms with Crippen molar-refractivity contribution in [1.29, 1.82) is 0 Å². The maximum atomic E-state index is 11.1. The molecular weight excluding hydrogens is 236 g/mol. The highest BCUT2D eigenvalue weighted by Gasteiger charge is 2.18. The summed E-state index contributed by atoms with van der Waals surface area (Å²) in [6, 6.07) is 0. The summed E-state index contributed by atoms with van der Waals surface area (Å²) in [5.41, 5.74) is 0. The van der Waals surface area contributed by atoms with E-state index in [1.165, 1.54) is 18.9 Å². The molecule has 0 amide bonds. The van der Waals surface area contributed by atoms with E-state index in [0.29, 0.717) is 16.9 Å². The van der Waals surface area contributed by atoms with Crippen LogP contribution in [-0.2, 0) is 15.3 Å². The van der Waals surface area contributed by atoms with E-state index in [2.05, 4.69) is 14.9 Å². The number of nitrogens with zero attached hydrogens (tertiary/aromatic N) is 2. The molecule has 1 unspecified atom stereocenters. The van der Waals surface area contributed by atoms with Crippen LogP contribution in [0.3, 0.4) is 0 Å². The number of aromatic nitrogens is 2. The number of rotatable bonds is 5. The molecule has 0 radical (unpaired) electrons. The van der Waals surface area contributed by atoms with Crippen molar-refractivity contribution in [2.75, 3.05) is 13.4 Å². The Bertz CT molecular complexity index is 329. The minimum absolute atomic E-state index is 0.301. The average Bonchev–Trinajstić information content (AvgIpc) is 2.65. The second kappa shape index (κ2) is 6.02. The normalized spacial score (nSPS) is 12.5. The van der Waals surface area contributed by atoms with Crippen LogP contribution in [-0.4, -0.2) is 34.8 Å². The summed E-state index contributed by atoms with van der Waals surface area (Å²) in [5, 5.41) is 7.71. The molecule has 0 aliphatic heterocycles. The standard InChI is InChI=1S/C8H12N2O3S2/c1-5(7(11)12-2)15-8-10-9-6(13-8)4-14-3/h5H,4H2,1-3H3. The molecule has 15 heavy (non-hydrogen) atoms. The molecular formula is C8H12N2O3S2. The topological polar surface area (TPSA) is 65.2 Å². The lowest BCUT2D eigenvalue weighted by Gasteiger charge is -2.04. The van der Waals surface area contributed by atoms with Gasteiger partial charge in [-0.15, -0.1) is 10.2 Å². The van der Waals surface area contributed by atoms with E-state index in [1.807, 2.05) is 6.26 Å². The van der Waals surface area contributed by atoms with Gasteiger partial charge in [-0.25, -0.2) is 0 Å². The van der Waals surface area contributed by atoms with Gasteiger partial charge in [-0.3, -0.25) is 4.79 Å². The van der Waals surface area contributed by atoms with Crippen LogP contribution in [0.1, 0.15) is 12.8 Å². The van der Waals surface area contributed by atoms with E-state index in [9.17, 15) is 4.79 Å². The molecule has 0 aliphatic rings. The van der Waals surface area contributed by atoms with Gasteiger partial charge in [0.1, 0.15) is 5.25 Å². The average molecular weight is 248 g/mol. The second-order valence-electron chi connectivity index (χ2n) is 2.68. The summed E-state index contributed by atoms with van der Waals surface area (Å²) in [6.45, 7) is 1.73. The smallest absolute Gasteiger partial charge is 0.319 e. The fourth-order valence-corrected chi connectivity index (χ4v) is 1.92. The lowest BCUT2D eigenvalue weighted by Crippen LogP contribution is -2.14. The Morgan fingerprint density at radius 1 is 1.60 bits per heavy atom. The summed E-state index contributed by atoms with van der Waals surface area (Å²) in [4.78, 5) is 11.1. The van der Waals surface area contributed by atoms with Gasteiger partial charge in [-0.2, -0.15) is 11.8 Å². The highest BCUT2D eigenvalue weighted by molar-refractivity contribution is 8.00. The number of methoxy groups -OCH3 is 1. The van der Waals surface area contributed by atoms with E-state index in [1.54, 1.807) is 18.7 Å². The number of esters is 1. The monoisotopic (exact) mass is 248 g/mol. The zero-order valence-electron chi connectivity index (χ0n) is 8.72. The van der Waals surface area contributed by atoms with Gasteiger partial charge in [-0.1, -0.05) is 11.8 Å². The third kappa shape index (κ3) is 3.75. The number of hydrogen-bond donors (Lipinski definition) is 0. The fourth-order valence-electron chi connectivity index (χ4n) is 0.833. The first kappa shape index (κ1) is 12.4. The molecule has 84 valence electrons. The zero-order chi connectivity index (χ0) is 11.3. The van der Waals surface area contributed by atoms with Gasteiger partial charge in [0.25, 0.3) is 5.22 Å². The van der Waals surface area contributed by atoms with Crippen LogP contribution >= 0.6 is 23.5 Å². The maximum Gasteiger partial charge on any atom is 0.319 e. The summed E-state index contributed by atoms with van der Waals surface area (Å²) >= 11 is 2.80. The Labute approximate surface area is 96.3 Å². The van der Waals surface area contributed by atoms with Crippen molar-refractivity contribution in [2.45, 2.75) is 23.1 Å². The number of carbonyl (C=O) groups is 1. The highest BCUT2D eigenvalue weighted by Crippen LogP contribution is 2.23. The molecule has 0 spiro atoms. The third-order valence-electron chi connectivity index (χ3n) is 1.53. The van der Waals surface area contributed by atoms with E-state index >= 15 is 0 Å². The summed E-state index contributed by atoms with van der Waals surface area (Å²) in [5.74, 6) is 0.951. The Hall–Kier alpha value is -0.690. The molecule has 1 aromatic rings. The Kier molecular flexibility index (Phi) is 4.97. The number of thioether (sulfide) groups is 2. The van der Waals surface area contributed by atoms with E-state index < -0.39 is 0 Å². The van der Waals surface area contributed by atoms with Crippen LogP contribution < -0.4 is 0 Å². The highest BCUT2D eigenvalue weighted by atomic mass is 32.2. The van der Waals surface area contributed by atoms with Crippen molar-refractivity contribution in [3.63, 3.8) is 0 Å². The summed E-state index contributed by atoms with van der Waals surface area (Å²) in [6.07, 6.45) is 1.95. The van der Waals surface area contributed by atoms with Crippen LogP contribution in [0.2, 0.25) is 0 Å². The first-order chi connectivity index (χ1) is 7.17. The number of hydrogen-bond acceptors (Lipinski definition) is 7. The quantitative estimate of drug-likeness (QED) is 0.579. The molecule has 0 N–H and O–H groups in total. The van der Waals surface area contributed by atoms with E-state index in [4.69, 9.17) is 4.42 Å². The molecule has 0 aromatic carbocycles. The maximum absolute atomic E-state index is 11.1. The van der Waals surface area contributed by atoms with Gasteiger partial charge >= 0.3 is 5.97 Å². The van der Waals surface area contributed by atoms with Crippen LogP contribution in [0.4, 0.5) is 0 Å². The van der Waals surface area contributed by atoms with Crippen LogP contribution in [0.5, 0.6) is 0 Å². The molecule has 0 saturated heterocycles. The van der Waals surface area contributed by atoms with E-state index in [-0.39, 0.29) is 11.2 Å². The van der Waals surface area contributed by atoms with Crippen molar-refractivity contribution < 1.29 is 13.9 Å². The lowest BCUT2D eigenvalue weighted by atomic mass is 10.5. The Balaban J connectivity index is 2.53. The van der Waals surface area contributed by atoms with E-state index in [0.717, 1.165) is 0 Å². The summed E-state index contributed by atoms with van der Waals surface area (Å²) in [7, 11) is 1.35. The molecule has 1 aromatic heterocycles. The largest absolute Gasteiger partial charge is 0.468 e. The SMILES string of the molecule is COC(=O)C(C)Sc1nnc(CSC)o1. The van der Waals surface area contributed by atoms with Gasteiger partial charge in [-0.05, 0) is 13.2 Å². The molecule has 0 bridgehead atoms. The third-order valence-corrected chi connectivity index (χ3v) is 2.98. The van der Waals surface area contributed by atoms with Crippen molar-refractivity contribution in [2.24, 2.45) is 0 Å². The van der Waals surface area contributed by atoms with Gasteiger partial charge in [0.05, 0.1) is 12.9 Å². The van der Waals surface area contributed by atoms with Crippen molar-refractivity contribution in [3.05, 3.63) is 5.89 Å². The van der Waals surface area contributed by atoms with Crippen LogP contribution in [0, 0.1) is 0 Å². The Morgan fingerprint density at radius 2 is 2.33 bits per heavy atom. The molecule has 1 atom stereocenters. The van der Waals surface area contributed by atoms with Crippen molar-refractivity contribution in [3.8, 4) is 0 Å². The molecule has 5 nitrogen and oxygen atoms in total. The molecule has 0 saturated carbocycles. The van der Waals surface area contributed by atoms with Gasteiger partial charge in [0.2, 0.25) is 5.89 Å². The number of ether oxygens (including phenoxy) is 1. The predicted molar refractivity (Wildman–Crippen MR) is 58.9 cm³/mol. The molecule has 1 rings (SSSR count). The minimum atomic E-state index is -0.336. The summed E-state index contributed by atoms with van der Waals surface area (Å²) < 4.78 is 9.89. The minimum Gasteiger partial charge on any atom is -0.468 e. The molecule has 0 aliphatic carbocycles. The zero-order valence-corrected chi connectivity index (χ0v) is 10.4.